The maximum absolute atomic E-state index is 11.4. The molecule has 3 nitrogen and oxygen atoms in total. The molecule has 0 saturated carbocycles. The second kappa shape index (κ2) is 6.72. The van der Waals surface area contributed by atoms with Crippen molar-refractivity contribution in [3.05, 3.63) is 28.8 Å². The first-order chi connectivity index (χ1) is 8.08. The Labute approximate surface area is 111 Å². The zero-order chi connectivity index (χ0) is 12.8. The first kappa shape index (κ1) is 14.1. The van der Waals surface area contributed by atoms with Gasteiger partial charge in [-0.3, -0.25) is 0 Å². The van der Waals surface area contributed by atoms with Gasteiger partial charge in [-0.25, -0.2) is 4.79 Å². The highest BCUT2D eigenvalue weighted by molar-refractivity contribution is 6.32. The standard InChI is InChI=1S/C12H14Cl2O3/c1-3-16-12(15)9-4-5-11(10(14)6-9)17-8(2)7-13/h4-6,8H,3,7H2,1-2H3. The molecule has 0 aliphatic carbocycles. The summed E-state index contributed by atoms with van der Waals surface area (Å²) < 4.78 is 10.3. The minimum Gasteiger partial charge on any atom is -0.488 e. The van der Waals surface area contributed by atoms with Crippen LogP contribution in [-0.2, 0) is 4.74 Å². The molecule has 0 aliphatic rings. The number of halogens is 2. The molecule has 0 bridgehead atoms. The van der Waals surface area contributed by atoms with Crippen molar-refractivity contribution in [2.45, 2.75) is 20.0 Å². The number of benzene rings is 1. The maximum atomic E-state index is 11.4. The summed E-state index contributed by atoms with van der Waals surface area (Å²) >= 11 is 11.6. The number of carbonyl (C=O) groups excluding carboxylic acids is 1. The van der Waals surface area contributed by atoms with E-state index >= 15 is 0 Å². The first-order valence-electron chi connectivity index (χ1n) is 5.27. The van der Waals surface area contributed by atoms with E-state index in [1.807, 2.05) is 6.92 Å². The van der Waals surface area contributed by atoms with Crippen LogP contribution in [0.2, 0.25) is 5.02 Å². The van der Waals surface area contributed by atoms with Gasteiger partial charge in [-0.15, -0.1) is 11.6 Å². The van der Waals surface area contributed by atoms with Gasteiger partial charge in [-0.1, -0.05) is 11.6 Å². The molecular formula is C12H14Cl2O3. The fourth-order valence-corrected chi connectivity index (χ4v) is 1.47. The largest absolute Gasteiger partial charge is 0.488 e. The van der Waals surface area contributed by atoms with Crippen LogP contribution in [0.25, 0.3) is 0 Å². The van der Waals surface area contributed by atoms with E-state index in [0.29, 0.717) is 28.8 Å². The highest BCUT2D eigenvalue weighted by Gasteiger charge is 2.11. The fourth-order valence-electron chi connectivity index (χ4n) is 1.19. The average molecular weight is 277 g/mol. The summed E-state index contributed by atoms with van der Waals surface area (Å²) in [6.45, 7) is 3.92. The van der Waals surface area contributed by atoms with Gasteiger partial charge in [0.2, 0.25) is 0 Å². The van der Waals surface area contributed by atoms with Gasteiger partial charge in [-0.05, 0) is 32.0 Å². The molecule has 5 heteroatoms. The Morgan fingerprint density at radius 2 is 2.18 bits per heavy atom. The third-order valence-electron chi connectivity index (χ3n) is 1.99. The lowest BCUT2D eigenvalue weighted by Crippen LogP contribution is -2.13. The summed E-state index contributed by atoms with van der Waals surface area (Å²) in [6.07, 6.45) is -0.136. The minimum absolute atomic E-state index is 0.136. The smallest absolute Gasteiger partial charge is 0.338 e. The van der Waals surface area contributed by atoms with Crippen LogP contribution in [-0.4, -0.2) is 24.6 Å². The SMILES string of the molecule is CCOC(=O)c1ccc(OC(C)CCl)c(Cl)c1. The number of esters is 1. The predicted octanol–water partition coefficient (Wildman–Crippen LogP) is 3.52. The van der Waals surface area contributed by atoms with Crippen molar-refractivity contribution < 1.29 is 14.3 Å². The number of carbonyl (C=O) groups is 1. The van der Waals surface area contributed by atoms with Crippen LogP contribution in [0.15, 0.2) is 18.2 Å². The Bertz CT molecular complexity index is 393. The maximum Gasteiger partial charge on any atom is 0.338 e. The van der Waals surface area contributed by atoms with Crippen LogP contribution < -0.4 is 4.74 Å². The monoisotopic (exact) mass is 276 g/mol. The van der Waals surface area contributed by atoms with Gasteiger partial charge in [0, 0.05) is 0 Å². The second-order valence-corrected chi connectivity index (χ2v) is 4.16. The number of ether oxygens (including phenoxy) is 2. The molecule has 1 rings (SSSR count). The molecule has 0 fully saturated rings. The molecule has 0 heterocycles. The molecule has 0 spiro atoms. The van der Waals surface area contributed by atoms with Crippen molar-refractivity contribution >= 4 is 29.2 Å². The van der Waals surface area contributed by atoms with Crippen LogP contribution in [0.5, 0.6) is 5.75 Å². The Balaban J connectivity index is 2.82. The summed E-state index contributed by atoms with van der Waals surface area (Å²) in [4.78, 5) is 11.4. The molecule has 1 atom stereocenters. The van der Waals surface area contributed by atoms with E-state index in [2.05, 4.69) is 0 Å². The van der Waals surface area contributed by atoms with E-state index in [0.717, 1.165) is 0 Å². The quantitative estimate of drug-likeness (QED) is 0.610. The van der Waals surface area contributed by atoms with Gasteiger partial charge in [0.15, 0.2) is 0 Å². The van der Waals surface area contributed by atoms with Crippen molar-refractivity contribution in [1.29, 1.82) is 0 Å². The van der Waals surface area contributed by atoms with Gasteiger partial charge in [0.1, 0.15) is 11.9 Å². The number of hydrogen-bond donors (Lipinski definition) is 0. The van der Waals surface area contributed by atoms with Gasteiger partial charge in [-0.2, -0.15) is 0 Å². The average Bonchev–Trinajstić information content (AvgIpc) is 2.31. The first-order valence-corrected chi connectivity index (χ1v) is 6.19. The molecule has 94 valence electrons. The van der Waals surface area contributed by atoms with Crippen LogP contribution >= 0.6 is 23.2 Å². The summed E-state index contributed by atoms with van der Waals surface area (Å²) in [5.74, 6) is 0.481. The topological polar surface area (TPSA) is 35.5 Å². The van der Waals surface area contributed by atoms with Crippen molar-refractivity contribution in [2.75, 3.05) is 12.5 Å². The zero-order valence-corrected chi connectivity index (χ0v) is 11.2. The Morgan fingerprint density at radius 1 is 1.47 bits per heavy atom. The van der Waals surface area contributed by atoms with E-state index in [4.69, 9.17) is 32.7 Å². The predicted molar refractivity (Wildman–Crippen MR) is 68.2 cm³/mol. The molecule has 0 radical (unpaired) electrons. The van der Waals surface area contributed by atoms with Crippen LogP contribution in [0.3, 0.4) is 0 Å². The van der Waals surface area contributed by atoms with Gasteiger partial charge in [0.05, 0.1) is 23.1 Å². The minimum atomic E-state index is -0.397. The number of rotatable bonds is 5. The molecule has 0 amide bonds. The lowest BCUT2D eigenvalue weighted by molar-refractivity contribution is 0.0526. The highest BCUT2D eigenvalue weighted by Crippen LogP contribution is 2.26. The van der Waals surface area contributed by atoms with Crippen molar-refractivity contribution in [3.63, 3.8) is 0 Å². The van der Waals surface area contributed by atoms with Crippen molar-refractivity contribution in [1.82, 2.24) is 0 Å². The Kier molecular flexibility index (Phi) is 5.59. The molecule has 1 unspecified atom stereocenters. The second-order valence-electron chi connectivity index (χ2n) is 3.45. The molecule has 0 N–H and O–H groups in total. The molecule has 1 aromatic carbocycles. The summed E-state index contributed by atoms with van der Waals surface area (Å²) in [6, 6.07) is 4.77. The van der Waals surface area contributed by atoms with E-state index in [-0.39, 0.29) is 6.10 Å². The summed E-state index contributed by atoms with van der Waals surface area (Å²) in [5.41, 5.74) is 0.405. The van der Waals surface area contributed by atoms with Gasteiger partial charge < -0.3 is 9.47 Å². The molecule has 0 saturated heterocycles. The summed E-state index contributed by atoms with van der Waals surface area (Å²) in [5, 5.41) is 0.368. The van der Waals surface area contributed by atoms with E-state index in [1.165, 1.54) is 6.07 Å². The Morgan fingerprint density at radius 3 is 2.71 bits per heavy atom. The number of alkyl halides is 1. The molecule has 1 aromatic rings. The van der Waals surface area contributed by atoms with Crippen molar-refractivity contribution in [2.24, 2.45) is 0 Å². The molecule has 17 heavy (non-hydrogen) atoms. The van der Waals surface area contributed by atoms with E-state index < -0.39 is 5.97 Å². The lowest BCUT2D eigenvalue weighted by Gasteiger charge is -2.13. The zero-order valence-electron chi connectivity index (χ0n) is 9.70. The molecule has 0 aliphatic heterocycles. The molecular weight excluding hydrogens is 263 g/mol. The van der Waals surface area contributed by atoms with Crippen LogP contribution in [0.1, 0.15) is 24.2 Å². The molecule has 0 aromatic heterocycles. The van der Waals surface area contributed by atoms with Gasteiger partial charge >= 0.3 is 5.97 Å². The summed E-state index contributed by atoms with van der Waals surface area (Å²) in [7, 11) is 0. The fraction of sp³-hybridized carbons (Fsp3) is 0.417. The Hall–Kier alpha value is -0.930. The van der Waals surface area contributed by atoms with Crippen LogP contribution in [0, 0.1) is 0 Å². The van der Waals surface area contributed by atoms with E-state index in [1.54, 1.807) is 19.1 Å². The highest BCUT2D eigenvalue weighted by atomic mass is 35.5. The van der Waals surface area contributed by atoms with Crippen LogP contribution in [0.4, 0.5) is 0 Å². The van der Waals surface area contributed by atoms with E-state index in [9.17, 15) is 4.79 Å². The lowest BCUT2D eigenvalue weighted by atomic mass is 10.2. The van der Waals surface area contributed by atoms with Crippen molar-refractivity contribution in [3.8, 4) is 5.75 Å². The third kappa shape index (κ3) is 4.10. The van der Waals surface area contributed by atoms with Gasteiger partial charge in [0.25, 0.3) is 0 Å². The normalized spacial score (nSPS) is 12.0. The third-order valence-corrected chi connectivity index (χ3v) is 2.72. The number of hydrogen-bond acceptors (Lipinski definition) is 3.